The zero-order valence-corrected chi connectivity index (χ0v) is 11.0. The van der Waals surface area contributed by atoms with Crippen LogP contribution in [0, 0.1) is 23.7 Å². The molecule has 1 rings (SSSR count). The average Bonchev–Trinajstić information content (AvgIpc) is 2.45. The van der Waals surface area contributed by atoms with Gasteiger partial charge >= 0.3 is 0 Å². The lowest BCUT2D eigenvalue weighted by molar-refractivity contribution is 0.305. The highest BCUT2D eigenvalue weighted by atomic mass is 16.5. The van der Waals surface area contributed by atoms with Crippen molar-refractivity contribution in [1.82, 2.24) is 0 Å². The second kappa shape index (κ2) is 8.05. The third kappa shape index (κ3) is 4.22. The summed E-state index contributed by atoms with van der Waals surface area (Å²) >= 11 is 0. The molecule has 0 amide bonds. The summed E-state index contributed by atoms with van der Waals surface area (Å²) in [5.74, 6) is 12.3. The molecule has 4 heteroatoms. The van der Waals surface area contributed by atoms with E-state index in [1.165, 1.54) is 7.11 Å². The number of aliphatic hydroxyl groups excluding tert-OH is 2. The second-order valence-corrected chi connectivity index (χ2v) is 3.49. The summed E-state index contributed by atoms with van der Waals surface area (Å²) in [6.45, 7) is -0.213. The molecular weight excluding hydrogens is 244 g/mol. The summed E-state index contributed by atoms with van der Waals surface area (Å²) in [4.78, 5) is 0. The van der Waals surface area contributed by atoms with E-state index >= 15 is 0 Å². The van der Waals surface area contributed by atoms with Crippen LogP contribution in [0.15, 0.2) is 12.1 Å². The van der Waals surface area contributed by atoms with E-state index in [1.807, 2.05) is 0 Å². The van der Waals surface area contributed by atoms with Crippen LogP contribution in [0.4, 0.5) is 0 Å². The highest BCUT2D eigenvalue weighted by molar-refractivity contribution is 5.58. The number of hydrogen-bond acceptors (Lipinski definition) is 4. The van der Waals surface area contributed by atoms with Crippen LogP contribution in [0.2, 0.25) is 0 Å². The minimum absolute atomic E-state index is 0.0118. The van der Waals surface area contributed by atoms with Crippen LogP contribution >= 0.6 is 0 Å². The van der Waals surface area contributed by atoms with Crippen molar-refractivity contribution in [2.75, 3.05) is 27.4 Å². The molecule has 0 unspecified atom stereocenters. The molecule has 2 N–H and O–H groups in total. The van der Waals surface area contributed by atoms with E-state index in [-0.39, 0.29) is 13.2 Å². The van der Waals surface area contributed by atoms with Crippen LogP contribution in [0.5, 0.6) is 11.5 Å². The topological polar surface area (TPSA) is 58.9 Å². The normalized spacial score (nSPS) is 8.84. The fraction of sp³-hybridized carbons (Fsp3) is 0.333. The van der Waals surface area contributed by atoms with E-state index in [9.17, 15) is 0 Å². The van der Waals surface area contributed by atoms with Crippen LogP contribution in [-0.2, 0) is 0 Å². The van der Waals surface area contributed by atoms with Gasteiger partial charge in [0.2, 0.25) is 0 Å². The first kappa shape index (κ1) is 14.9. The molecule has 0 radical (unpaired) electrons. The minimum Gasteiger partial charge on any atom is -0.493 e. The summed E-state index contributed by atoms with van der Waals surface area (Å²) in [6, 6.07) is 3.44. The maximum absolute atomic E-state index is 8.76. The van der Waals surface area contributed by atoms with Crippen molar-refractivity contribution in [3.05, 3.63) is 23.3 Å². The molecule has 0 aromatic heterocycles. The molecule has 0 heterocycles. The van der Waals surface area contributed by atoms with Crippen LogP contribution < -0.4 is 9.47 Å². The molecule has 0 spiro atoms. The maximum Gasteiger partial charge on any atom is 0.162 e. The number of rotatable bonds is 3. The van der Waals surface area contributed by atoms with E-state index in [0.29, 0.717) is 29.0 Å². The number of hydrogen-bond donors (Lipinski definition) is 2. The molecule has 0 fully saturated rings. The molecule has 0 saturated carbocycles. The van der Waals surface area contributed by atoms with Gasteiger partial charge in [0.15, 0.2) is 11.5 Å². The van der Waals surface area contributed by atoms with Gasteiger partial charge in [0.05, 0.1) is 20.8 Å². The third-order valence-corrected chi connectivity index (χ3v) is 2.29. The SMILES string of the molecule is COc1cc(C#CCO)c(C#CCCO)cc1OC. The smallest absolute Gasteiger partial charge is 0.162 e. The number of ether oxygens (including phenoxy) is 2. The van der Waals surface area contributed by atoms with E-state index < -0.39 is 0 Å². The molecule has 1 aromatic carbocycles. The Morgan fingerprint density at radius 2 is 1.47 bits per heavy atom. The lowest BCUT2D eigenvalue weighted by atomic mass is 10.1. The average molecular weight is 260 g/mol. The Hall–Kier alpha value is -2.14. The molecule has 1 aromatic rings. The zero-order valence-electron chi connectivity index (χ0n) is 11.0. The standard InChI is InChI=1S/C15H16O4/c1-18-14-10-12(6-3-4-8-16)13(7-5-9-17)11-15(14)19-2/h10-11,16-17H,4,8-9H2,1-2H3. The van der Waals surface area contributed by atoms with Gasteiger partial charge in [0, 0.05) is 29.7 Å². The molecule has 100 valence electrons. The van der Waals surface area contributed by atoms with E-state index in [4.69, 9.17) is 19.7 Å². The zero-order chi connectivity index (χ0) is 14.1. The van der Waals surface area contributed by atoms with Crippen molar-refractivity contribution in [1.29, 1.82) is 0 Å². The Morgan fingerprint density at radius 1 is 0.947 bits per heavy atom. The molecule has 4 nitrogen and oxygen atoms in total. The molecular formula is C15H16O4. The Labute approximate surface area is 113 Å². The molecule has 0 bridgehead atoms. The van der Waals surface area contributed by atoms with Gasteiger partial charge in [-0.15, -0.1) is 0 Å². The molecule has 19 heavy (non-hydrogen) atoms. The summed E-state index contributed by atoms with van der Waals surface area (Å²) in [6.07, 6.45) is 0.390. The van der Waals surface area contributed by atoms with Crippen LogP contribution in [0.25, 0.3) is 0 Å². The van der Waals surface area contributed by atoms with Crippen molar-refractivity contribution in [2.24, 2.45) is 0 Å². The summed E-state index contributed by atoms with van der Waals surface area (Å²) in [5, 5.41) is 17.5. The quantitative estimate of drug-likeness (QED) is 0.789. The number of methoxy groups -OCH3 is 2. The van der Waals surface area contributed by atoms with Gasteiger partial charge in [-0.3, -0.25) is 0 Å². The van der Waals surface area contributed by atoms with E-state index in [2.05, 4.69) is 23.7 Å². The highest BCUT2D eigenvalue weighted by Crippen LogP contribution is 2.29. The van der Waals surface area contributed by atoms with E-state index in [0.717, 1.165) is 0 Å². The monoisotopic (exact) mass is 260 g/mol. The lowest BCUT2D eigenvalue weighted by Crippen LogP contribution is -1.94. The summed E-state index contributed by atoms with van der Waals surface area (Å²) in [5.41, 5.74) is 1.32. The van der Waals surface area contributed by atoms with Gasteiger partial charge in [0.25, 0.3) is 0 Å². The predicted octanol–water partition coefficient (Wildman–Crippen LogP) is 0.781. The van der Waals surface area contributed by atoms with Gasteiger partial charge < -0.3 is 19.7 Å². The largest absolute Gasteiger partial charge is 0.493 e. The van der Waals surface area contributed by atoms with Gasteiger partial charge in [0.1, 0.15) is 6.61 Å². The van der Waals surface area contributed by atoms with Gasteiger partial charge in [-0.25, -0.2) is 0 Å². The Balaban J connectivity index is 3.28. The van der Waals surface area contributed by atoms with Crippen molar-refractivity contribution < 1.29 is 19.7 Å². The maximum atomic E-state index is 8.76. The first-order chi connectivity index (χ1) is 9.26. The lowest BCUT2D eigenvalue weighted by Gasteiger charge is -2.09. The number of benzene rings is 1. The summed E-state index contributed by atoms with van der Waals surface area (Å²) in [7, 11) is 3.08. The van der Waals surface area contributed by atoms with E-state index in [1.54, 1.807) is 19.2 Å². The first-order valence-electron chi connectivity index (χ1n) is 5.72. The fourth-order valence-corrected chi connectivity index (χ4v) is 1.43. The van der Waals surface area contributed by atoms with Crippen LogP contribution in [-0.4, -0.2) is 37.6 Å². The first-order valence-corrected chi connectivity index (χ1v) is 5.72. The highest BCUT2D eigenvalue weighted by Gasteiger charge is 2.08. The molecule has 0 aliphatic rings. The Bertz CT molecular complexity index is 541. The van der Waals surface area contributed by atoms with Crippen molar-refractivity contribution >= 4 is 0 Å². The van der Waals surface area contributed by atoms with Crippen LogP contribution in [0.1, 0.15) is 17.5 Å². The molecule has 0 atom stereocenters. The fourth-order valence-electron chi connectivity index (χ4n) is 1.43. The molecule has 0 aliphatic carbocycles. The Morgan fingerprint density at radius 3 is 1.89 bits per heavy atom. The van der Waals surface area contributed by atoms with Crippen molar-refractivity contribution in [3.8, 4) is 35.2 Å². The van der Waals surface area contributed by atoms with Crippen molar-refractivity contribution in [2.45, 2.75) is 6.42 Å². The Kier molecular flexibility index (Phi) is 6.32. The van der Waals surface area contributed by atoms with Gasteiger partial charge in [-0.1, -0.05) is 23.7 Å². The molecule has 0 aliphatic heterocycles. The minimum atomic E-state index is -0.224. The number of aliphatic hydroxyl groups is 2. The van der Waals surface area contributed by atoms with Gasteiger partial charge in [-0.2, -0.15) is 0 Å². The molecule has 0 saturated heterocycles. The van der Waals surface area contributed by atoms with Crippen molar-refractivity contribution in [3.63, 3.8) is 0 Å². The summed E-state index contributed by atoms with van der Waals surface area (Å²) < 4.78 is 10.4. The predicted molar refractivity (Wildman–Crippen MR) is 72.1 cm³/mol. The van der Waals surface area contributed by atoms with Gasteiger partial charge in [-0.05, 0) is 0 Å². The second-order valence-electron chi connectivity index (χ2n) is 3.49. The van der Waals surface area contributed by atoms with Crippen LogP contribution in [0.3, 0.4) is 0 Å². The third-order valence-electron chi connectivity index (χ3n) is 2.29.